The number of nitrogens with one attached hydrogen (secondary N) is 2. The van der Waals surface area contributed by atoms with E-state index >= 15 is 0 Å². The van der Waals surface area contributed by atoms with Crippen LogP contribution in [0.3, 0.4) is 0 Å². The van der Waals surface area contributed by atoms with E-state index in [-0.39, 0.29) is 0 Å². The second-order valence-corrected chi connectivity index (χ2v) is 4.04. The minimum absolute atomic E-state index is 0.579. The highest BCUT2D eigenvalue weighted by Crippen LogP contribution is 2.02. The zero-order valence-corrected chi connectivity index (χ0v) is 9.75. The third-order valence-corrected chi connectivity index (χ3v) is 2.21. The molecule has 0 spiro atoms. The molecule has 0 atom stereocenters. The SMILES string of the molecule is CC(C)NCCNCCCc1ccco1. The molecule has 0 saturated heterocycles. The van der Waals surface area contributed by atoms with E-state index in [0.29, 0.717) is 6.04 Å². The monoisotopic (exact) mass is 210 g/mol. The Balaban J connectivity index is 1.85. The van der Waals surface area contributed by atoms with Crippen LogP contribution >= 0.6 is 0 Å². The van der Waals surface area contributed by atoms with Crippen LogP contribution in [0.5, 0.6) is 0 Å². The number of hydrogen-bond donors (Lipinski definition) is 2. The van der Waals surface area contributed by atoms with Crippen LogP contribution in [0, 0.1) is 0 Å². The van der Waals surface area contributed by atoms with Crippen LogP contribution < -0.4 is 10.6 Å². The molecular formula is C12H22N2O. The fourth-order valence-corrected chi connectivity index (χ4v) is 1.42. The predicted molar refractivity (Wildman–Crippen MR) is 63.0 cm³/mol. The summed E-state index contributed by atoms with van der Waals surface area (Å²) in [7, 11) is 0. The molecule has 1 aromatic rings. The summed E-state index contributed by atoms with van der Waals surface area (Å²) in [5, 5.41) is 6.77. The summed E-state index contributed by atoms with van der Waals surface area (Å²) in [6.07, 6.45) is 3.89. The van der Waals surface area contributed by atoms with Gasteiger partial charge in [0.1, 0.15) is 5.76 Å². The van der Waals surface area contributed by atoms with Gasteiger partial charge in [-0.1, -0.05) is 13.8 Å². The summed E-state index contributed by atoms with van der Waals surface area (Å²) in [6, 6.07) is 4.55. The topological polar surface area (TPSA) is 37.2 Å². The molecule has 1 aromatic heterocycles. The smallest absolute Gasteiger partial charge is 0.103 e. The Morgan fingerprint density at radius 1 is 1.27 bits per heavy atom. The molecule has 3 nitrogen and oxygen atoms in total. The van der Waals surface area contributed by atoms with E-state index in [1.165, 1.54) is 0 Å². The zero-order chi connectivity index (χ0) is 10.9. The summed E-state index contributed by atoms with van der Waals surface area (Å²) in [5.74, 6) is 1.08. The first-order valence-corrected chi connectivity index (χ1v) is 5.75. The Morgan fingerprint density at radius 3 is 2.80 bits per heavy atom. The fourth-order valence-electron chi connectivity index (χ4n) is 1.42. The maximum atomic E-state index is 5.25. The first-order chi connectivity index (χ1) is 7.29. The molecule has 0 aliphatic heterocycles. The van der Waals surface area contributed by atoms with Crippen molar-refractivity contribution in [3.63, 3.8) is 0 Å². The van der Waals surface area contributed by atoms with Crippen molar-refractivity contribution in [1.29, 1.82) is 0 Å². The molecule has 3 heteroatoms. The third-order valence-electron chi connectivity index (χ3n) is 2.21. The zero-order valence-electron chi connectivity index (χ0n) is 9.75. The van der Waals surface area contributed by atoms with Crippen LogP contribution in [0.25, 0.3) is 0 Å². The van der Waals surface area contributed by atoms with Crippen molar-refractivity contribution in [2.75, 3.05) is 19.6 Å². The number of furan rings is 1. The summed E-state index contributed by atoms with van der Waals surface area (Å²) in [5.41, 5.74) is 0. The molecule has 1 heterocycles. The van der Waals surface area contributed by atoms with Crippen molar-refractivity contribution in [3.05, 3.63) is 24.2 Å². The van der Waals surface area contributed by atoms with E-state index in [4.69, 9.17) is 4.42 Å². The van der Waals surface area contributed by atoms with Crippen LogP contribution in [0.2, 0.25) is 0 Å². The van der Waals surface area contributed by atoms with Crippen LogP contribution in [-0.4, -0.2) is 25.7 Å². The molecule has 0 saturated carbocycles. The molecule has 0 fully saturated rings. The van der Waals surface area contributed by atoms with Crippen molar-refractivity contribution in [2.24, 2.45) is 0 Å². The highest BCUT2D eigenvalue weighted by atomic mass is 16.3. The van der Waals surface area contributed by atoms with Crippen molar-refractivity contribution in [2.45, 2.75) is 32.7 Å². The molecule has 0 bridgehead atoms. The molecule has 1 rings (SSSR count). The van der Waals surface area contributed by atoms with Crippen molar-refractivity contribution >= 4 is 0 Å². The lowest BCUT2D eigenvalue weighted by Crippen LogP contribution is -2.32. The number of aryl methyl sites for hydroxylation is 1. The Kier molecular flexibility index (Phi) is 6.12. The van der Waals surface area contributed by atoms with Gasteiger partial charge < -0.3 is 15.1 Å². The van der Waals surface area contributed by atoms with Gasteiger partial charge in [0, 0.05) is 25.6 Å². The average molecular weight is 210 g/mol. The summed E-state index contributed by atoms with van der Waals surface area (Å²) in [4.78, 5) is 0. The minimum atomic E-state index is 0.579. The number of rotatable bonds is 8. The van der Waals surface area contributed by atoms with Gasteiger partial charge in [-0.05, 0) is 25.1 Å². The minimum Gasteiger partial charge on any atom is -0.469 e. The van der Waals surface area contributed by atoms with E-state index in [0.717, 1.165) is 38.2 Å². The van der Waals surface area contributed by atoms with Gasteiger partial charge in [0.15, 0.2) is 0 Å². The lowest BCUT2D eigenvalue weighted by molar-refractivity contribution is 0.492. The van der Waals surface area contributed by atoms with Gasteiger partial charge >= 0.3 is 0 Å². The molecular weight excluding hydrogens is 188 g/mol. The highest BCUT2D eigenvalue weighted by molar-refractivity contribution is 4.97. The van der Waals surface area contributed by atoms with E-state index < -0.39 is 0 Å². The lowest BCUT2D eigenvalue weighted by Gasteiger charge is -2.08. The van der Waals surface area contributed by atoms with Gasteiger partial charge in [0.25, 0.3) is 0 Å². The van der Waals surface area contributed by atoms with Gasteiger partial charge in [-0.2, -0.15) is 0 Å². The molecule has 0 radical (unpaired) electrons. The van der Waals surface area contributed by atoms with Crippen molar-refractivity contribution < 1.29 is 4.42 Å². The Bertz CT molecular complexity index is 232. The largest absolute Gasteiger partial charge is 0.469 e. The van der Waals surface area contributed by atoms with Crippen LogP contribution in [0.4, 0.5) is 0 Å². The van der Waals surface area contributed by atoms with E-state index in [1.54, 1.807) is 6.26 Å². The van der Waals surface area contributed by atoms with Crippen molar-refractivity contribution in [1.82, 2.24) is 10.6 Å². The van der Waals surface area contributed by atoms with Gasteiger partial charge in [0.2, 0.25) is 0 Å². The Morgan fingerprint density at radius 2 is 2.13 bits per heavy atom. The summed E-state index contributed by atoms with van der Waals surface area (Å²) < 4.78 is 5.25. The molecule has 15 heavy (non-hydrogen) atoms. The average Bonchev–Trinajstić information content (AvgIpc) is 2.68. The highest BCUT2D eigenvalue weighted by Gasteiger charge is 1.95. The number of hydrogen-bond acceptors (Lipinski definition) is 3. The van der Waals surface area contributed by atoms with E-state index in [1.807, 2.05) is 12.1 Å². The first-order valence-electron chi connectivity index (χ1n) is 5.75. The molecule has 86 valence electrons. The van der Waals surface area contributed by atoms with Crippen molar-refractivity contribution in [3.8, 4) is 0 Å². The molecule has 0 amide bonds. The molecule has 0 aliphatic rings. The normalized spacial score (nSPS) is 11.1. The maximum absolute atomic E-state index is 5.25. The van der Waals surface area contributed by atoms with Gasteiger partial charge in [-0.15, -0.1) is 0 Å². The quantitative estimate of drug-likeness (QED) is 0.642. The molecule has 2 N–H and O–H groups in total. The standard InChI is InChI=1S/C12H22N2O/c1-11(2)14-9-8-13-7-3-5-12-6-4-10-15-12/h4,6,10-11,13-14H,3,5,7-9H2,1-2H3. The van der Waals surface area contributed by atoms with Gasteiger partial charge in [0.05, 0.1) is 6.26 Å². The Labute approximate surface area is 92.2 Å². The molecule has 0 aromatic carbocycles. The van der Waals surface area contributed by atoms with Crippen LogP contribution in [0.15, 0.2) is 22.8 Å². The summed E-state index contributed by atoms with van der Waals surface area (Å²) >= 11 is 0. The van der Waals surface area contributed by atoms with Gasteiger partial charge in [-0.25, -0.2) is 0 Å². The first kappa shape index (κ1) is 12.3. The van der Waals surface area contributed by atoms with Crippen LogP contribution in [-0.2, 0) is 6.42 Å². The van der Waals surface area contributed by atoms with Crippen LogP contribution in [0.1, 0.15) is 26.0 Å². The van der Waals surface area contributed by atoms with E-state index in [2.05, 4.69) is 24.5 Å². The lowest BCUT2D eigenvalue weighted by atomic mass is 10.2. The summed E-state index contributed by atoms with van der Waals surface area (Å²) in [6.45, 7) is 7.46. The van der Waals surface area contributed by atoms with Gasteiger partial charge in [-0.3, -0.25) is 0 Å². The third kappa shape index (κ3) is 6.31. The maximum Gasteiger partial charge on any atom is 0.103 e. The molecule has 0 unspecified atom stereocenters. The van der Waals surface area contributed by atoms with E-state index in [9.17, 15) is 0 Å². The Hall–Kier alpha value is -0.800. The second kappa shape index (κ2) is 7.49. The predicted octanol–water partition coefficient (Wildman–Crippen LogP) is 1.80. The molecule has 0 aliphatic carbocycles. The second-order valence-electron chi connectivity index (χ2n) is 4.04. The fraction of sp³-hybridized carbons (Fsp3) is 0.667.